The Morgan fingerprint density at radius 2 is 1.67 bits per heavy atom. The summed E-state index contributed by atoms with van der Waals surface area (Å²) >= 11 is 0. The van der Waals surface area contributed by atoms with Crippen LogP contribution in [0.3, 0.4) is 0 Å². The first kappa shape index (κ1) is 19.9. The molecule has 0 bridgehead atoms. The van der Waals surface area contributed by atoms with Gasteiger partial charge in [0.15, 0.2) is 0 Å². The number of rotatable bonds is 5. The van der Waals surface area contributed by atoms with Crippen molar-refractivity contribution < 1.29 is 27.8 Å². The molecule has 24 heavy (non-hydrogen) atoms. The molecule has 0 radical (unpaired) electrons. The summed E-state index contributed by atoms with van der Waals surface area (Å²) < 4.78 is 36.2. The molecule has 0 aliphatic rings. The van der Waals surface area contributed by atoms with E-state index in [2.05, 4.69) is 10.1 Å². The van der Waals surface area contributed by atoms with E-state index < -0.39 is 29.6 Å². The van der Waals surface area contributed by atoms with Crippen LogP contribution in [-0.2, 0) is 26.6 Å². The minimum atomic E-state index is -2.94. The monoisotopic (exact) mass is 343 g/mol. The third kappa shape index (κ3) is 6.52. The van der Waals surface area contributed by atoms with E-state index in [0.29, 0.717) is 5.56 Å². The van der Waals surface area contributed by atoms with Crippen molar-refractivity contribution >= 4 is 12.1 Å². The Hall–Kier alpha value is -2.18. The number of hydrogen-bond acceptors (Lipinski definition) is 4. The minimum absolute atomic E-state index is 0.0987. The molecule has 1 aromatic carbocycles. The van der Waals surface area contributed by atoms with E-state index in [1.165, 1.54) is 31.4 Å². The summed E-state index contributed by atoms with van der Waals surface area (Å²) in [5.41, 5.74) is -0.227. The van der Waals surface area contributed by atoms with Gasteiger partial charge in [0.05, 0.1) is 7.11 Å². The van der Waals surface area contributed by atoms with Gasteiger partial charge in [0.25, 0.3) is 5.92 Å². The van der Waals surface area contributed by atoms with Gasteiger partial charge in [0.2, 0.25) is 0 Å². The van der Waals surface area contributed by atoms with Crippen molar-refractivity contribution in [2.75, 3.05) is 7.11 Å². The number of carbonyl (C=O) groups excluding carboxylic acids is 2. The van der Waals surface area contributed by atoms with Gasteiger partial charge >= 0.3 is 12.1 Å². The second kappa shape index (κ2) is 7.59. The van der Waals surface area contributed by atoms with Crippen LogP contribution in [0.2, 0.25) is 0 Å². The van der Waals surface area contributed by atoms with Crippen LogP contribution >= 0.6 is 0 Å². The Labute approximate surface area is 140 Å². The average Bonchev–Trinajstić information content (AvgIpc) is 2.43. The molecule has 0 aromatic heterocycles. The van der Waals surface area contributed by atoms with Gasteiger partial charge in [-0.3, -0.25) is 0 Å². The van der Waals surface area contributed by atoms with Gasteiger partial charge in [-0.1, -0.05) is 24.3 Å². The highest BCUT2D eigenvalue weighted by Crippen LogP contribution is 2.27. The molecule has 0 fully saturated rings. The number of halogens is 2. The first-order valence-electron chi connectivity index (χ1n) is 7.47. The molecule has 5 nitrogen and oxygen atoms in total. The number of hydrogen-bond donors (Lipinski definition) is 1. The number of carbonyl (C=O) groups is 2. The minimum Gasteiger partial charge on any atom is -0.467 e. The predicted octanol–water partition coefficient (Wildman–Crippen LogP) is 3.41. The van der Waals surface area contributed by atoms with Gasteiger partial charge in [-0.25, -0.2) is 18.4 Å². The molecule has 1 atom stereocenters. The molecule has 0 spiro atoms. The van der Waals surface area contributed by atoms with E-state index in [-0.39, 0.29) is 12.0 Å². The standard InChI is InChI=1S/C17H23F2NO4/c1-16(2,3)24-15(22)20-13(14(21)23-5)10-11-6-8-12(9-7-11)17(4,18)19/h6-9,13H,10H2,1-5H3,(H,20,22). The van der Waals surface area contributed by atoms with E-state index >= 15 is 0 Å². The second-order valence-corrected chi connectivity index (χ2v) is 6.51. The van der Waals surface area contributed by atoms with Crippen LogP contribution in [0.5, 0.6) is 0 Å². The molecule has 1 amide bonds. The van der Waals surface area contributed by atoms with Crippen LogP contribution in [0.1, 0.15) is 38.8 Å². The zero-order valence-corrected chi connectivity index (χ0v) is 14.5. The summed E-state index contributed by atoms with van der Waals surface area (Å²) in [6.45, 7) is 5.90. The van der Waals surface area contributed by atoms with Gasteiger partial charge in [-0.2, -0.15) is 0 Å². The number of ether oxygens (including phenoxy) is 2. The summed E-state index contributed by atoms with van der Waals surface area (Å²) in [6.07, 6.45) is -0.656. The van der Waals surface area contributed by atoms with Crippen molar-refractivity contribution in [1.29, 1.82) is 0 Å². The fraction of sp³-hybridized carbons (Fsp3) is 0.529. The van der Waals surface area contributed by atoms with Crippen molar-refractivity contribution in [1.82, 2.24) is 5.32 Å². The number of amides is 1. The molecular formula is C17H23F2NO4. The highest BCUT2D eigenvalue weighted by molar-refractivity contribution is 5.81. The van der Waals surface area contributed by atoms with Gasteiger partial charge in [-0.05, 0) is 26.3 Å². The van der Waals surface area contributed by atoms with Crippen molar-refractivity contribution in [3.63, 3.8) is 0 Å². The normalized spacial score (nSPS) is 13.1. The van der Waals surface area contributed by atoms with Crippen molar-refractivity contribution in [3.05, 3.63) is 35.4 Å². The van der Waals surface area contributed by atoms with E-state index in [9.17, 15) is 18.4 Å². The van der Waals surface area contributed by atoms with Crippen LogP contribution in [0.4, 0.5) is 13.6 Å². The number of alkyl carbamates (subject to hydrolysis) is 1. The third-order valence-electron chi connectivity index (χ3n) is 3.08. The van der Waals surface area contributed by atoms with Crippen LogP contribution in [0.15, 0.2) is 24.3 Å². The van der Waals surface area contributed by atoms with E-state index in [0.717, 1.165) is 6.92 Å². The van der Waals surface area contributed by atoms with Gasteiger partial charge in [-0.15, -0.1) is 0 Å². The fourth-order valence-electron chi connectivity index (χ4n) is 1.95. The predicted molar refractivity (Wildman–Crippen MR) is 84.9 cm³/mol. The van der Waals surface area contributed by atoms with Crippen LogP contribution in [0.25, 0.3) is 0 Å². The molecule has 7 heteroatoms. The van der Waals surface area contributed by atoms with Gasteiger partial charge in [0, 0.05) is 18.9 Å². The molecule has 1 aromatic rings. The summed E-state index contributed by atoms with van der Waals surface area (Å²) in [4.78, 5) is 23.7. The van der Waals surface area contributed by atoms with Crippen LogP contribution in [0, 0.1) is 0 Å². The maximum atomic E-state index is 13.2. The Bertz CT molecular complexity index is 574. The Morgan fingerprint density at radius 1 is 1.12 bits per heavy atom. The van der Waals surface area contributed by atoms with Gasteiger partial charge < -0.3 is 14.8 Å². The number of nitrogens with one attached hydrogen (secondary N) is 1. The van der Waals surface area contributed by atoms with E-state index in [1.807, 2.05) is 0 Å². The van der Waals surface area contributed by atoms with Crippen molar-refractivity contribution in [3.8, 4) is 0 Å². The zero-order chi connectivity index (χ0) is 18.5. The molecular weight excluding hydrogens is 320 g/mol. The van der Waals surface area contributed by atoms with E-state index in [1.54, 1.807) is 20.8 Å². The topological polar surface area (TPSA) is 64.6 Å². The summed E-state index contributed by atoms with van der Waals surface area (Å²) in [6, 6.07) is 4.57. The smallest absolute Gasteiger partial charge is 0.408 e. The zero-order valence-electron chi connectivity index (χ0n) is 14.5. The van der Waals surface area contributed by atoms with Crippen LogP contribution in [-0.4, -0.2) is 30.8 Å². The first-order chi connectivity index (χ1) is 10.9. The molecule has 134 valence electrons. The van der Waals surface area contributed by atoms with Gasteiger partial charge in [0.1, 0.15) is 11.6 Å². The van der Waals surface area contributed by atoms with Crippen molar-refractivity contribution in [2.45, 2.75) is 51.7 Å². The molecule has 0 heterocycles. The summed E-state index contributed by atoms with van der Waals surface area (Å²) in [5.74, 6) is -3.58. The van der Waals surface area contributed by atoms with Crippen molar-refractivity contribution in [2.24, 2.45) is 0 Å². The molecule has 0 saturated heterocycles. The number of alkyl halides is 2. The quantitative estimate of drug-likeness (QED) is 0.832. The fourth-order valence-corrected chi connectivity index (χ4v) is 1.95. The average molecular weight is 343 g/mol. The lowest BCUT2D eigenvalue weighted by Crippen LogP contribution is -2.45. The summed E-state index contributed by atoms with van der Waals surface area (Å²) in [5, 5.41) is 2.43. The lowest BCUT2D eigenvalue weighted by Gasteiger charge is -2.22. The number of benzene rings is 1. The molecule has 0 saturated carbocycles. The molecule has 0 aliphatic carbocycles. The highest BCUT2D eigenvalue weighted by atomic mass is 19.3. The largest absolute Gasteiger partial charge is 0.467 e. The highest BCUT2D eigenvalue weighted by Gasteiger charge is 2.27. The molecule has 1 N–H and O–H groups in total. The molecule has 1 unspecified atom stereocenters. The number of esters is 1. The lowest BCUT2D eigenvalue weighted by atomic mass is 10.0. The summed E-state index contributed by atoms with van der Waals surface area (Å²) in [7, 11) is 1.20. The maximum absolute atomic E-state index is 13.2. The third-order valence-corrected chi connectivity index (χ3v) is 3.08. The number of methoxy groups -OCH3 is 1. The lowest BCUT2D eigenvalue weighted by molar-refractivity contribution is -0.143. The molecule has 1 rings (SSSR count). The van der Waals surface area contributed by atoms with Crippen LogP contribution < -0.4 is 5.32 Å². The van der Waals surface area contributed by atoms with E-state index in [4.69, 9.17) is 4.74 Å². The molecule has 0 aliphatic heterocycles. The SMILES string of the molecule is COC(=O)C(Cc1ccc(C(C)(F)F)cc1)NC(=O)OC(C)(C)C. The maximum Gasteiger partial charge on any atom is 0.408 e. The Balaban J connectivity index is 2.83. The Kier molecular flexibility index (Phi) is 6.29. The second-order valence-electron chi connectivity index (χ2n) is 6.51. The first-order valence-corrected chi connectivity index (χ1v) is 7.47. The Morgan fingerprint density at radius 3 is 2.08 bits per heavy atom.